The molecule has 224 valence electrons. The Morgan fingerprint density at radius 1 is 0.682 bits per heavy atom. The Balaban J connectivity index is 1.57. The summed E-state index contributed by atoms with van der Waals surface area (Å²) in [7, 11) is -0.173. The highest BCUT2D eigenvalue weighted by molar-refractivity contribution is 7.84. The van der Waals surface area contributed by atoms with E-state index in [4.69, 9.17) is 4.74 Å². The van der Waals surface area contributed by atoms with Crippen LogP contribution in [0.3, 0.4) is 0 Å². The Bertz CT molecular complexity index is 1740. The number of nitrogens with zero attached hydrogens (tertiary/aromatic N) is 1. The summed E-state index contributed by atoms with van der Waals surface area (Å²) in [5.41, 5.74) is 4.11. The lowest BCUT2D eigenvalue weighted by Crippen LogP contribution is -2.38. The minimum Gasteiger partial charge on any atom is -0.456 e. The lowest BCUT2D eigenvalue weighted by atomic mass is 9.74. The minimum atomic E-state index is -1.26. The maximum atomic E-state index is 13.9. The van der Waals surface area contributed by atoms with Gasteiger partial charge in [-0.2, -0.15) is 0 Å². The number of benzene rings is 5. The average molecular weight is 618 g/mol. The van der Waals surface area contributed by atoms with E-state index in [0.29, 0.717) is 0 Å². The fourth-order valence-corrected chi connectivity index (χ4v) is 9.94. The lowest BCUT2D eigenvalue weighted by Gasteiger charge is -2.40. The molecule has 2 atom stereocenters. The fourth-order valence-electron chi connectivity index (χ4n) is 6.25. The first-order chi connectivity index (χ1) is 21.1. The summed E-state index contributed by atoms with van der Waals surface area (Å²) in [4.78, 5) is 0. The van der Waals surface area contributed by atoms with Crippen molar-refractivity contribution < 1.29 is 8.95 Å². The van der Waals surface area contributed by atoms with Crippen molar-refractivity contribution in [3.8, 4) is 11.5 Å². The van der Waals surface area contributed by atoms with Crippen molar-refractivity contribution >= 4 is 34.8 Å². The molecule has 0 saturated carbocycles. The van der Waals surface area contributed by atoms with Gasteiger partial charge in [0, 0.05) is 34.5 Å². The molecule has 6 rings (SSSR count). The molecule has 0 amide bonds. The van der Waals surface area contributed by atoms with Gasteiger partial charge in [-0.25, -0.2) is 8.51 Å². The fraction of sp³-hybridized carbons (Fsp3) is 0.231. The van der Waals surface area contributed by atoms with Crippen molar-refractivity contribution in [3.05, 3.63) is 150 Å². The first kappa shape index (κ1) is 30.5. The zero-order valence-corrected chi connectivity index (χ0v) is 28.0. The zero-order valence-electron chi connectivity index (χ0n) is 26.3. The van der Waals surface area contributed by atoms with Crippen LogP contribution in [0, 0.1) is 0 Å². The highest BCUT2D eigenvalue weighted by Gasteiger charge is 2.40. The molecule has 0 N–H and O–H groups in total. The van der Waals surface area contributed by atoms with E-state index in [0.717, 1.165) is 28.2 Å². The summed E-state index contributed by atoms with van der Waals surface area (Å²) in [6, 6.07) is 44.8. The topological polar surface area (TPSA) is 29.5 Å². The Kier molecular flexibility index (Phi) is 8.37. The van der Waals surface area contributed by atoms with E-state index in [1.54, 1.807) is 0 Å². The third kappa shape index (κ3) is 5.56. The molecule has 0 saturated heterocycles. The highest BCUT2D eigenvalue weighted by Crippen LogP contribution is 2.53. The molecule has 0 bridgehead atoms. The molecule has 1 aliphatic heterocycles. The van der Waals surface area contributed by atoms with Crippen molar-refractivity contribution in [2.24, 2.45) is 0 Å². The van der Waals surface area contributed by atoms with E-state index < -0.39 is 23.7 Å². The van der Waals surface area contributed by atoms with E-state index >= 15 is 0 Å². The number of rotatable bonds is 7. The molecular formula is C39H40NO2PS. The van der Waals surface area contributed by atoms with Gasteiger partial charge in [-0.05, 0) is 44.9 Å². The van der Waals surface area contributed by atoms with Gasteiger partial charge in [0.1, 0.15) is 22.5 Å². The predicted molar refractivity (Wildman–Crippen MR) is 188 cm³/mol. The lowest BCUT2D eigenvalue weighted by molar-refractivity contribution is 0.389. The quantitative estimate of drug-likeness (QED) is 0.172. The number of hydrogen-bond acceptors (Lipinski definition) is 2. The molecule has 5 aromatic carbocycles. The first-order valence-corrected chi connectivity index (χ1v) is 17.6. The molecule has 0 fully saturated rings. The molecule has 5 heteroatoms. The van der Waals surface area contributed by atoms with Crippen LogP contribution < -0.4 is 20.7 Å². The maximum absolute atomic E-state index is 13.9. The van der Waals surface area contributed by atoms with Crippen molar-refractivity contribution in [2.45, 2.75) is 50.8 Å². The molecule has 1 heterocycles. The summed E-state index contributed by atoms with van der Waals surface area (Å²) in [5, 5.41) is 3.77. The Morgan fingerprint density at radius 3 is 1.73 bits per heavy atom. The molecule has 1 aliphatic rings. The van der Waals surface area contributed by atoms with E-state index in [2.05, 4.69) is 135 Å². The monoisotopic (exact) mass is 617 g/mol. The molecule has 0 aliphatic carbocycles. The second kappa shape index (κ2) is 12.1. The van der Waals surface area contributed by atoms with E-state index in [1.807, 2.05) is 38.2 Å². The Labute approximate surface area is 266 Å². The molecule has 5 aromatic rings. The Hall–Kier alpha value is -3.56. The molecule has 0 unspecified atom stereocenters. The van der Waals surface area contributed by atoms with Crippen LogP contribution in [0.15, 0.2) is 127 Å². The number of ether oxygens (including phenoxy) is 1. The standard InChI is InChI=1S/C39H40NO2PS/c1-38(2,3)44(41)40(6)35(28-18-10-7-11-19-28)31-24-16-25-32-36(31)42-37-33(39(32,4)5)26-17-27-34(37)43(29-20-12-8-13-21-29)30-22-14-9-15-23-30/h7-27,35H,1-6H3/t35-,44-/m1/s1. The van der Waals surface area contributed by atoms with Crippen molar-refractivity contribution in [2.75, 3.05) is 7.05 Å². The van der Waals surface area contributed by atoms with Crippen molar-refractivity contribution in [3.63, 3.8) is 0 Å². The van der Waals surface area contributed by atoms with Gasteiger partial charge in [0.25, 0.3) is 0 Å². The smallest absolute Gasteiger partial charge is 0.139 e. The molecule has 0 aromatic heterocycles. The van der Waals surface area contributed by atoms with Crippen LogP contribution in [-0.2, 0) is 16.4 Å². The molecule has 3 nitrogen and oxygen atoms in total. The molecule has 0 spiro atoms. The third-order valence-corrected chi connectivity index (χ3v) is 12.7. The van der Waals surface area contributed by atoms with Crippen LogP contribution in [0.25, 0.3) is 0 Å². The maximum Gasteiger partial charge on any atom is 0.139 e. The molecular weight excluding hydrogens is 577 g/mol. The summed E-state index contributed by atoms with van der Waals surface area (Å²) in [5.74, 6) is 1.79. The summed E-state index contributed by atoms with van der Waals surface area (Å²) in [6.45, 7) is 10.7. The van der Waals surface area contributed by atoms with E-state index in [9.17, 15) is 4.21 Å². The van der Waals surface area contributed by atoms with Crippen molar-refractivity contribution in [1.29, 1.82) is 0 Å². The second-order valence-corrected chi connectivity index (χ2v) is 17.3. The summed E-state index contributed by atoms with van der Waals surface area (Å²) >= 11 is 0. The Morgan fingerprint density at radius 2 is 1.18 bits per heavy atom. The van der Waals surface area contributed by atoms with Crippen LogP contribution in [-0.4, -0.2) is 20.3 Å². The predicted octanol–water partition coefficient (Wildman–Crippen LogP) is 8.36. The van der Waals surface area contributed by atoms with E-state index in [1.165, 1.54) is 21.5 Å². The van der Waals surface area contributed by atoms with Gasteiger partial charge >= 0.3 is 0 Å². The van der Waals surface area contributed by atoms with Gasteiger partial charge in [-0.1, -0.05) is 141 Å². The molecule has 0 radical (unpaired) electrons. The first-order valence-electron chi connectivity index (χ1n) is 15.1. The van der Waals surface area contributed by atoms with Crippen LogP contribution >= 0.6 is 7.92 Å². The minimum absolute atomic E-state index is 0.263. The van der Waals surface area contributed by atoms with Crippen molar-refractivity contribution in [1.82, 2.24) is 4.31 Å². The van der Waals surface area contributed by atoms with Crippen LogP contribution in [0.2, 0.25) is 0 Å². The van der Waals surface area contributed by atoms with Gasteiger partial charge in [0.05, 0.1) is 10.8 Å². The summed E-state index contributed by atoms with van der Waals surface area (Å²) in [6.07, 6.45) is 0. The number of hydrogen-bond donors (Lipinski definition) is 0. The van der Waals surface area contributed by atoms with Gasteiger partial charge < -0.3 is 4.74 Å². The molecule has 44 heavy (non-hydrogen) atoms. The van der Waals surface area contributed by atoms with Crippen LogP contribution in [0.5, 0.6) is 11.5 Å². The second-order valence-electron chi connectivity index (χ2n) is 12.8. The zero-order chi connectivity index (χ0) is 31.1. The summed E-state index contributed by atoms with van der Waals surface area (Å²) < 4.78 is 22.7. The van der Waals surface area contributed by atoms with Gasteiger partial charge in [0.2, 0.25) is 0 Å². The van der Waals surface area contributed by atoms with Gasteiger partial charge in [0.15, 0.2) is 0 Å². The van der Waals surface area contributed by atoms with Gasteiger partial charge in [-0.15, -0.1) is 0 Å². The van der Waals surface area contributed by atoms with Gasteiger partial charge in [-0.3, -0.25) is 0 Å². The number of para-hydroxylation sites is 2. The number of fused-ring (bicyclic) bond motifs is 2. The average Bonchev–Trinajstić information content (AvgIpc) is 3.03. The largest absolute Gasteiger partial charge is 0.456 e. The SMILES string of the molecule is CN([C@H](c1ccccc1)c1cccc2c1Oc1c(P(c3ccccc3)c3ccccc3)cccc1C2(C)C)[S@](=O)C(C)(C)C. The third-order valence-electron chi connectivity index (χ3n) is 8.42. The highest BCUT2D eigenvalue weighted by atomic mass is 32.2. The normalized spacial score (nSPS) is 15.3. The van der Waals surface area contributed by atoms with E-state index in [-0.39, 0.29) is 11.5 Å². The van der Waals surface area contributed by atoms with Crippen LogP contribution in [0.4, 0.5) is 0 Å². The van der Waals surface area contributed by atoms with Crippen LogP contribution in [0.1, 0.15) is 62.9 Å².